The van der Waals surface area contributed by atoms with E-state index in [1.807, 2.05) is 0 Å². The van der Waals surface area contributed by atoms with Crippen molar-refractivity contribution < 1.29 is 0 Å². The predicted molar refractivity (Wildman–Crippen MR) is 30.2 cm³/mol. The van der Waals surface area contributed by atoms with Gasteiger partial charge in [0.25, 0.3) is 0 Å². The molecule has 0 saturated heterocycles. The molecule has 0 saturated carbocycles. The van der Waals surface area contributed by atoms with Gasteiger partial charge in [-0.1, -0.05) is 12.4 Å². The van der Waals surface area contributed by atoms with Crippen molar-refractivity contribution in [2.45, 2.75) is 0 Å². The molecule has 0 rings (SSSR count). The van der Waals surface area contributed by atoms with Crippen molar-refractivity contribution in [3.05, 3.63) is 12.4 Å². The van der Waals surface area contributed by atoms with Crippen LogP contribution in [0.4, 0.5) is 0 Å². The summed E-state index contributed by atoms with van der Waals surface area (Å²) in [5.74, 6) is 1.67. The van der Waals surface area contributed by atoms with Crippen LogP contribution in [-0.2, 0) is 0 Å². The van der Waals surface area contributed by atoms with Crippen molar-refractivity contribution >= 4 is 26.2 Å². The van der Waals surface area contributed by atoms with Crippen molar-refractivity contribution in [2.75, 3.05) is 0 Å². The quantitative estimate of drug-likeness (QED) is 0.449. The third-order valence-electron chi connectivity index (χ3n) is 0. The normalized spacial score (nSPS) is 3.25. The third-order valence-corrected chi connectivity index (χ3v) is 0. The molecule has 0 fully saturated rings. The Balaban J connectivity index is 0. The van der Waals surface area contributed by atoms with E-state index >= 15 is 0 Å². The maximum atomic E-state index is 3.32. The van der Waals surface area contributed by atoms with Gasteiger partial charge in [-0.15, -0.1) is 26.2 Å². The summed E-state index contributed by atoms with van der Waals surface area (Å²) in [5, 5.41) is 0. The Labute approximate surface area is 39.3 Å². The average Bonchev–Trinajstić information content (AvgIpc) is 0.918. The maximum Gasteiger partial charge on any atom is -0.0735 e. The first-order valence-corrected chi connectivity index (χ1v) is 1.41. The van der Waals surface area contributed by atoms with E-state index in [1.54, 1.807) is 5.82 Å². The molecule has 1 unspecified atom stereocenters. The van der Waals surface area contributed by atoms with Crippen LogP contribution in [0, 0.1) is 0 Å². The van der Waals surface area contributed by atoms with Crippen LogP contribution in [0.5, 0.6) is 0 Å². The molecule has 0 aromatic heterocycles. The molecule has 0 heterocycles. The van der Waals surface area contributed by atoms with Crippen LogP contribution in [0.1, 0.15) is 0 Å². The van der Waals surface area contributed by atoms with E-state index in [0.717, 1.165) is 0 Å². The highest BCUT2D eigenvalue weighted by atomic mass is 79.9. The van der Waals surface area contributed by atoms with E-state index in [0.29, 0.717) is 0 Å². The van der Waals surface area contributed by atoms with Crippen molar-refractivity contribution in [3.63, 3.8) is 0 Å². The summed E-state index contributed by atoms with van der Waals surface area (Å²) in [5.41, 5.74) is 0. The lowest BCUT2D eigenvalue weighted by Crippen LogP contribution is -0.892. The predicted octanol–water partition coefficient (Wildman–Crippen LogP) is 1.58. The Morgan fingerprint density at radius 3 is 1.75 bits per heavy atom. The molecular formula is C2H6BrP. The molecule has 1 atom stereocenters. The summed E-state index contributed by atoms with van der Waals surface area (Å²) < 4.78 is 0. The lowest BCUT2D eigenvalue weighted by atomic mass is 11.3. The molecule has 0 aliphatic rings. The Morgan fingerprint density at radius 1 is 1.75 bits per heavy atom. The lowest BCUT2D eigenvalue weighted by molar-refractivity contribution is 2.68. The summed E-state index contributed by atoms with van der Waals surface area (Å²) in [6.07, 6.45) is 0. The van der Waals surface area contributed by atoms with E-state index in [1.165, 1.54) is 0 Å². The third kappa shape index (κ3) is 17.1. The van der Waals surface area contributed by atoms with E-state index < -0.39 is 0 Å². The van der Waals surface area contributed by atoms with Gasteiger partial charge >= 0.3 is 0 Å². The minimum atomic E-state index is 0. The molecule has 0 radical (unpaired) electrons. The number of hydrogen-bond acceptors (Lipinski definition) is 0. The molecular weight excluding hydrogens is 135 g/mol. The van der Waals surface area contributed by atoms with Gasteiger partial charge in [0, 0.05) is 0 Å². The van der Waals surface area contributed by atoms with E-state index in [9.17, 15) is 0 Å². The average molecular weight is 141 g/mol. The largest absolute Gasteiger partial charge is 0.114 e. The van der Waals surface area contributed by atoms with Gasteiger partial charge in [-0.05, 0) is 0 Å². The zero-order valence-corrected chi connectivity index (χ0v) is 5.14. The first-order valence-electron chi connectivity index (χ1n) is 0.742. The maximum absolute atomic E-state index is 3.32. The van der Waals surface area contributed by atoms with Gasteiger partial charge in [0.2, 0.25) is 0 Å². The van der Waals surface area contributed by atoms with E-state index in [-0.39, 0.29) is 17.0 Å². The molecule has 0 nitrogen and oxygen atoms in total. The van der Waals surface area contributed by atoms with Gasteiger partial charge in [0.1, 0.15) is 0 Å². The van der Waals surface area contributed by atoms with Crippen LogP contribution in [0.15, 0.2) is 12.4 Å². The standard InChI is InChI=1S/C2H5P.BrH/c1-2-3;/h2H,1,3H2;1H. The Bertz CT molecular complexity index is 13.5. The Kier molecular flexibility index (Phi) is 20.8. The molecule has 26 valence electrons. The van der Waals surface area contributed by atoms with Crippen LogP contribution in [0.2, 0.25) is 0 Å². The summed E-state index contributed by atoms with van der Waals surface area (Å²) in [6.45, 7) is 3.32. The van der Waals surface area contributed by atoms with Crippen molar-refractivity contribution in [2.24, 2.45) is 0 Å². The lowest BCUT2D eigenvalue weighted by Gasteiger charge is -1.32. The topological polar surface area (TPSA) is 0 Å². The number of halogens is 1. The molecule has 0 aliphatic heterocycles. The molecule has 2 heteroatoms. The van der Waals surface area contributed by atoms with Crippen LogP contribution < -0.4 is 0 Å². The van der Waals surface area contributed by atoms with Crippen LogP contribution in [0.3, 0.4) is 0 Å². The van der Waals surface area contributed by atoms with E-state index in [2.05, 4.69) is 15.8 Å². The van der Waals surface area contributed by atoms with Gasteiger partial charge < -0.3 is 0 Å². The Hall–Kier alpha value is 0.650. The molecule has 0 spiro atoms. The van der Waals surface area contributed by atoms with Crippen LogP contribution in [0.25, 0.3) is 0 Å². The number of hydrogen-bond donors (Lipinski definition) is 0. The minimum Gasteiger partial charge on any atom is -0.114 e. The highest BCUT2D eigenvalue weighted by Crippen LogP contribution is 1.69. The highest BCUT2D eigenvalue weighted by molar-refractivity contribution is 8.93. The van der Waals surface area contributed by atoms with E-state index in [4.69, 9.17) is 0 Å². The minimum absolute atomic E-state index is 0. The van der Waals surface area contributed by atoms with Gasteiger partial charge in [-0.3, -0.25) is 0 Å². The fourth-order valence-corrected chi connectivity index (χ4v) is 0. The smallest absolute Gasteiger partial charge is 0.0735 e. The van der Waals surface area contributed by atoms with Gasteiger partial charge in [-0.2, -0.15) is 0 Å². The molecule has 0 amide bonds. The Morgan fingerprint density at radius 2 is 1.75 bits per heavy atom. The molecule has 0 aromatic rings. The van der Waals surface area contributed by atoms with Crippen molar-refractivity contribution in [1.29, 1.82) is 0 Å². The summed E-state index contributed by atoms with van der Waals surface area (Å²) in [4.78, 5) is 0. The number of rotatable bonds is 0. The molecule has 0 aromatic carbocycles. The zero-order chi connectivity index (χ0) is 2.71. The molecule has 0 bridgehead atoms. The first kappa shape index (κ1) is 8.82. The summed E-state index contributed by atoms with van der Waals surface area (Å²) >= 11 is 0. The summed E-state index contributed by atoms with van der Waals surface area (Å²) in [7, 11) is 2.34. The van der Waals surface area contributed by atoms with Crippen LogP contribution >= 0.6 is 26.2 Å². The SMILES string of the molecule is Br.C=CP. The zero-order valence-electron chi connectivity index (χ0n) is 2.27. The summed E-state index contributed by atoms with van der Waals surface area (Å²) in [6, 6.07) is 0. The van der Waals surface area contributed by atoms with Crippen LogP contribution in [-0.4, -0.2) is 0 Å². The van der Waals surface area contributed by atoms with Gasteiger partial charge in [0.05, 0.1) is 0 Å². The first-order chi connectivity index (χ1) is 1.41. The molecule has 0 N–H and O–H groups in total. The van der Waals surface area contributed by atoms with Gasteiger partial charge in [-0.25, -0.2) is 0 Å². The fourth-order valence-electron chi connectivity index (χ4n) is 0. The monoisotopic (exact) mass is 140 g/mol. The highest BCUT2D eigenvalue weighted by Gasteiger charge is 1.13. The molecule has 0 aliphatic carbocycles. The second kappa shape index (κ2) is 9.41. The molecule has 4 heavy (non-hydrogen) atoms. The van der Waals surface area contributed by atoms with Gasteiger partial charge in [0.15, 0.2) is 0 Å². The second-order valence-electron chi connectivity index (χ2n) is 0.236. The van der Waals surface area contributed by atoms with Crippen molar-refractivity contribution in [1.82, 2.24) is 0 Å². The second-order valence-corrected chi connectivity index (χ2v) is 0.707. The van der Waals surface area contributed by atoms with Crippen molar-refractivity contribution in [3.8, 4) is 0 Å². The fraction of sp³-hybridized carbons (Fsp3) is 0.